The minimum absolute atomic E-state index is 0.0136. The first-order chi connectivity index (χ1) is 9.18. The summed E-state index contributed by atoms with van der Waals surface area (Å²) in [5.41, 5.74) is 0.133. The van der Waals surface area contributed by atoms with Crippen LogP contribution in [0.2, 0.25) is 0 Å². The molecule has 0 heterocycles. The lowest BCUT2D eigenvalue weighted by atomic mass is 9.72. The molecule has 0 aromatic heterocycles. The van der Waals surface area contributed by atoms with Crippen molar-refractivity contribution in [3.8, 4) is 0 Å². The topological polar surface area (TPSA) is 15.3 Å². The predicted molar refractivity (Wildman–Crippen MR) is 76.8 cm³/mol. The summed E-state index contributed by atoms with van der Waals surface area (Å²) in [7, 11) is 0. The van der Waals surface area contributed by atoms with E-state index >= 15 is 0 Å². The molecule has 0 aromatic rings. The summed E-state index contributed by atoms with van der Waals surface area (Å²) in [5.74, 6) is 0. The van der Waals surface area contributed by atoms with Gasteiger partial charge >= 0.3 is 6.18 Å². The van der Waals surface area contributed by atoms with Gasteiger partial charge in [0.1, 0.15) is 0 Å². The molecule has 0 saturated heterocycles. The van der Waals surface area contributed by atoms with Gasteiger partial charge < -0.3 is 5.32 Å². The average Bonchev–Trinajstić information content (AvgIpc) is 2.29. The van der Waals surface area contributed by atoms with Crippen LogP contribution in [0, 0.1) is 5.41 Å². The molecule has 2 atom stereocenters. The molecule has 120 valence electrons. The molecule has 0 spiro atoms. The van der Waals surface area contributed by atoms with E-state index in [9.17, 15) is 13.2 Å². The molecule has 0 bridgehead atoms. The van der Waals surface area contributed by atoms with Crippen molar-refractivity contribution in [2.75, 3.05) is 19.6 Å². The largest absolute Gasteiger partial charge is 0.401 e. The van der Waals surface area contributed by atoms with E-state index in [4.69, 9.17) is 0 Å². The van der Waals surface area contributed by atoms with Crippen LogP contribution in [0.3, 0.4) is 0 Å². The number of hydrogen-bond acceptors (Lipinski definition) is 2. The third-order valence-electron chi connectivity index (χ3n) is 4.19. The van der Waals surface area contributed by atoms with Gasteiger partial charge in [-0.1, -0.05) is 27.7 Å². The second-order valence-electron chi connectivity index (χ2n) is 6.72. The lowest BCUT2D eigenvalue weighted by molar-refractivity contribution is -0.155. The molecule has 1 rings (SSSR count). The highest BCUT2D eigenvalue weighted by Gasteiger charge is 2.41. The molecule has 0 radical (unpaired) electrons. The first-order valence-corrected chi connectivity index (χ1v) is 7.72. The molecule has 0 amide bonds. The van der Waals surface area contributed by atoms with Crippen molar-refractivity contribution in [2.24, 2.45) is 5.41 Å². The van der Waals surface area contributed by atoms with E-state index in [0.29, 0.717) is 6.54 Å². The minimum atomic E-state index is -4.12. The molecule has 1 aliphatic carbocycles. The van der Waals surface area contributed by atoms with Gasteiger partial charge in [-0.15, -0.1) is 0 Å². The molecule has 20 heavy (non-hydrogen) atoms. The van der Waals surface area contributed by atoms with Gasteiger partial charge in [0.2, 0.25) is 0 Å². The van der Waals surface area contributed by atoms with Gasteiger partial charge in [0.15, 0.2) is 0 Å². The van der Waals surface area contributed by atoms with Gasteiger partial charge in [0.05, 0.1) is 6.54 Å². The summed E-state index contributed by atoms with van der Waals surface area (Å²) < 4.78 is 38.5. The van der Waals surface area contributed by atoms with Crippen LogP contribution in [0.5, 0.6) is 0 Å². The molecule has 2 nitrogen and oxygen atoms in total. The zero-order chi connectivity index (χ0) is 15.4. The van der Waals surface area contributed by atoms with Crippen LogP contribution >= 0.6 is 0 Å². The molecule has 1 saturated carbocycles. The summed E-state index contributed by atoms with van der Waals surface area (Å²) in [5, 5.41) is 3.39. The SMILES string of the molecule is CCCN(CC(F)(F)F)C1CC(C)(C)CCC1NCC. The maximum Gasteiger partial charge on any atom is 0.401 e. The van der Waals surface area contributed by atoms with E-state index < -0.39 is 12.7 Å². The lowest BCUT2D eigenvalue weighted by Crippen LogP contribution is -2.56. The number of alkyl halides is 3. The quantitative estimate of drug-likeness (QED) is 0.801. The van der Waals surface area contributed by atoms with Gasteiger partial charge in [-0.2, -0.15) is 13.2 Å². The Bertz CT molecular complexity index is 289. The van der Waals surface area contributed by atoms with E-state index in [1.54, 1.807) is 4.90 Å². The number of halogens is 3. The Morgan fingerprint density at radius 2 is 1.90 bits per heavy atom. The maximum absolute atomic E-state index is 12.8. The van der Waals surface area contributed by atoms with Crippen molar-refractivity contribution in [2.45, 2.75) is 71.6 Å². The van der Waals surface area contributed by atoms with Crippen molar-refractivity contribution < 1.29 is 13.2 Å². The molecule has 1 N–H and O–H groups in total. The van der Waals surface area contributed by atoms with Crippen LogP contribution in [0.4, 0.5) is 13.2 Å². The van der Waals surface area contributed by atoms with Crippen molar-refractivity contribution in [1.29, 1.82) is 0 Å². The Morgan fingerprint density at radius 1 is 1.25 bits per heavy atom. The van der Waals surface area contributed by atoms with Gasteiger partial charge in [-0.05, 0) is 44.2 Å². The van der Waals surface area contributed by atoms with Gasteiger partial charge in [0, 0.05) is 12.1 Å². The third-order valence-corrected chi connectivity index (χ3v) is 4.19. The Hall–Kier alpha value is -0.290. The molecule has 5 heteroatoms. The Labute approximate surface area is 121 Å². The van der Waals surface area contributed by atoms with Crippen LogP contribution < -0.4 is 5.32 Å². The van der Waals surface area contributed by atoms with E-state index in [1.807, 2.05) is 13.8 Å². The highest BCUT2D eigenvalue weighted by atomic mass is 19.4. The van der Waals surface area contributed by atoms with Crippen LogP contribution in [0.25, 0.3) is 0 Å². The van der Waals surface area contributed by atoms with Crippen molar-refractivity contribution in [3.63, 3.8) is 0 Å². The zero-order valence-corrected chi connectivity index (χ0v) is 13.2. The molecule has 0 aliphatic heterocycles. The Kier molecular flexibility index (Phi) is 6.32. The maximum atomic E-state index is 12.8. The van der Waals surface area contributed by atoms with Crippen molar-refractivity contribution >= 4 is 0 Å². The molecule has 0 aromatic carbocycles. The number of nitrogens with zero attached hydrogens (tertiary/aromatic N) is 1. The number of rotatable bonds is 6. The normalized spacial score (nSPS) is 27.0. The monoisotopic (exact) mass is 294 g/mol. The zero-order valence-electron chi connectivity index (χ0n) is 13.2. The van der Waals surface area contributed by atoms with Gasteiger partial charge in [-0.3, -0.25) is 4.90 Å². The summed E-state index contributed by atoms with van der Waals surface area (Å²) in [6.07, 6.45) is -0.489. The van der Waals surface area contributed by atoms with Crippen LogP contribution in [-0.2, 0) is 0 Å². The predicted octanol–water partition coefficient (Wildman–Crippen LogP) is 3.82. The number of nitrogens with one attached hydrogen (secondary N) is 1. The van der Waals surface area contributed by atoms with Crippen LogP contribution in [0.1, 0.15) is 53.4 Å². The van der Waals surface area contributed by atoms with Crippen LogP contribution in [0.15, 0.2) is 0 Å². The van der Waals surface area contributed by atoms with E-state index in [1.165, 1.54) is 0 Å². The summed E-state index contributed by atoms with van der Waals surface area (Å²) in [4.78, 5) is 1.65. The number of likely N-dealkylation sites (N-methyl/N-ethyl adjacent to an activating group) is 1. The standard InChI is InChI=1S/C15H29F3N2/c1-5-9-20(11-15(16,17)18)13-10-14(3,4)8-7-12(13)19-6-2/h12-13,19H,5-11H2,1-4H3. The summed E-state index contributed by atoms with van der Waals surface area (Å²) in [6.45, 7) is 8.84. The molecule has 1 aliphatic rings. The second kappa shape index (κ2) is 7.12. The molecular weight excluding hydrogens is 265 g/mol. The first kappa shape index (κ1) is 17.8. The van der Waals surface area contributed by atoms with Crippen molar-refractivity contribution in [1.82, 2.24) is 10.2 Å². The third kappa shape index (κ3) is 5.60. The molecule has 1 fully saturated rings. The second-order valence-corrected chi connectivity index (χ2v) is 6.72. The van der Waals surface area contributed by atoms with Gasteiger partial charge in [0.25, 0.3) is 0 Å². The molecular formula is C15H29F3N2. The number of hydrogen-bond donors (Lipinski definition) is 1. The summed E-state index contributed by atoms with van der Waals surface area (Å²) in [6, 6.07) is 0.169. The first-order valence-electron chi connectivity index (χ1n) is 7.72. The van der Waals surface area contributed by atoms with E-state index in [2.05, 4.69) is 19.2 Å². The highest BCUT2D eigenvalue weighted by Crippen LogP contribution is 2.38. The fourth-order valence-corrected chi connectivity index (χ4v) is 3.31. The Morgan fingerprint density at radius 3 is 2.40 bits per heavy atom. The fourth-order valence-electron chi connectivity index (χ4n) is 3.31. The average molecular weight is 294 g/mol. The van der Waals surface area contributed by atoms with Gasteiger partial charge in [-0.25, -0.2) is 0 Å². The molecule has 2 unspecified atom stereocenters. The minimum Gasteiger partial charge on any atom is -0.313 e. The fraction of sp³-hybridized carbons (Fsp3) is 1.00. The highest BCUT2D eigenvalue weighted by molar-refractivity contribution is 4.94. The van der Waals surface area contributed by atoms with Crippen molar-refractivity contribution in [3.05, 3.63) is 0 Å². The lowest BCUT2D eigenvalue weighted by Gasteiger charge is -2.46. The summed E-state index contributed by atoms with van der Waals surface area (Å²) >= 11 is 0. The smallest absolute Gasteiger partial charge is 0.313 e. The van der Waals surface area contributed by atoms with E-state index in [-0.39, 0.29) is 17.5 Å². The van der Waals surface area contributed by atoms with Crippen LogP contribution in [-0.4, -0.2) is 42.8 Å². The Balaban J connectivity index is 2.85. The van der Waals surface area contributed by atoms with E-state index in [0.717, 1.165) is 32.2 Å².